The van der Waals surface area contributed by atoms with Crippen molar-refractivity contribution >= 4 is 34.0 Å². The smallest absolute Gasteiger partial charge is 0.283 e. The number of aromatic nitrogens is 3. The molecule has 0 atom stereocenters. The van der Waals surface area contributed by atoms with E-state index in [1.54, 1.807) is 25.2 Å². The Morgan fingerprint density at radius 3 is 2.84 bits per heavy atom. The molecular weight excluding hydrogens is 340 g/mol. The maximum Gasteiger partial charge on any atom is 0.283 e. The molecule has 130 valence electrons. The van der Waals surface area contributed by atoms with Crippen LogP contribution in [-0.4, -0.2) is 27.0 Å². The molecule has 0 saturated heterocycles. The van der Waals surface area contributed by atoms with Crippen LogP contribution in [0.15, 0.2) is 34.4 Å². The highest BCUT2D eigenvalue weighted by Crippen LogP contribution is 2.21. The fourth-order valence-corrected chi connectivity index (χ4v) is 3.41. The minimum Gasteiger partial charge on any atom is -0.490 e. The number of aryl methyl sites for hydroxylation is 1. The van der Waals surface area contributed by atoms with Crippen LogP contribution in [0.25, 0.3) is 11.0 Å². The molecule has 8 heteroatoms. The Kier molecular flexibility index (Phi) is 4.80. The summed E-state index contributed by atoms with van der Waals surface area (Å²) in [7, 11) is 0. The van der Waals surface area contributed by atoms with E-state index in [1.807, 2.05) is 0 Å². The SMILES string of the molecule is CCCc1nn2c(N)c(/C=C3/C=CC(=O)C(OCC)=C3)c(=O)nc2s1. The molecule has 2 aromatic rings. The first-order chi connectivity index (χ1) is 12.0. The molecule has 25 heavy (non-hydrogen) atoms. The summed E-state index contributed by atoms with van der Waals surface area (Å²) in [5.41, 5.74) is 6.60. The Balaban J connectivity index is 2.08. The van der Waals surface area contributed by atoms with Crippen LogP contribution in [0, 0.1) is 0 Å². The van der Waals surface area contributed by atoms with Gasteiger partial charge < -0.3 is 10.5 Å². The zero-order valence-corrected chi connectivity index (χ0v) is 14.8. The molecule has 0 unspecified atom stereocenters. The first-order valence-electron chi connectivity index (χ1n) is 8.00. The largest absolute Gasteiger partial charge is 0.490 e. The molecule has 2 heterocycles. The molecule has 0 radical (unpaired) electrons. The van der Waals surface area contributed by atoms with E-state index in [0.717, 1.165) is 17.8 Å². The summed E-state index contributed by atoms with van der Waals surface area (Å²) in [6.07, 6.45) is 7.95. The van der Waals surface area contributed by atoms with E-state index >= 15 is 0 Å². The number of hydrogen-bond acceptors (Lipinski definition) is 7. The van der Waals surface area contributed by atoms with Crippen LogP contribution < -0.4 is 11.3 Å². The molecule has 0 fully saturated rings. The van der Waals surface area contributed by atoms with Crippen molar-refractivity contribution in [2.24, 2.45) is 0 Å². The lowest BCUT2D eigenvalue weighted by Gasteiger charge is -2.10. The number of carbonyl (C=O) groups is 1. The summed E-state index contributed by atoms with van der Waals surface area (Å²) in [4.78, 5) is 28.6. The van der Waals surface area contributed by atoms with Crippen molar-refractivity contribution in [2.75, 3.05) is 12.3 Å². The number of hydrogen-bond donors (Lipinski definition) is 1. The molecule has 0 aliphatic heterocycles. The van der Waals surface area contributed by atoms with Crippen LogP contribution in [0.2, 0.25) is 0 Å². The Labute approximate surface area is 148 Å². The van der Waals surface area contributed by atoms with E-state index in [0.29, 0.717) is 17.1 Å². The lowest BCUT2D eigenvalue weighted by atomic mass is 10.0. The lowest BCUT2D eigenvalue weighted by Crippen LogP contribution is -2.17. The predicted octanol–water partition coefficient (Wildman–Crippen LogP) is 2.13. The summed E-state index contributed by atoms with van der Waals surface area (Å²) in [6.45, 7) is 4.24. The second kappa shape index (κ2) is 7.02. The van der Waals surface area contributed by atoms with Crippen molar-refractivity contribution < 1.29 is 9.53 Å². The van der Waals surface area contributed by atoms with Gasteiger partial charge in [-0.15, -0.1) is 0 Å². The molecule has 3 rings (SSSR count). The van der Waals surface area contributed by atoms with Crippen LogP contribution in [-0.2, 0) is 16.0 Å². The number of nitrogens with zero attached hydrogens (tertiary/aromatic N) is 3. The molecule has 0 saturated carbocycles. The Bertz CT molecular complexity index is 982. The van der Waals surface area contributed by atoms with Crippen LogP contribution in [0.5, 0.6) is 0 Å². The molecular formula is C17H18N4O3S. The number of anilines is 1. The maximum atomic E-state index is 12.4. The fourth-order valence-electron chi connectivity index (χ4n) is 2.42. The molecule has 1 aliphatic rings. The highest BCUT2D eigenvalue weighted by atomic mass is 32.1. The van der Waals surface area contributed by atoms with Crippen molar-refractivity contribution in [3.05, 3.63) is 50.5 Å². The number of nitrogen functional groups attached to an aromatic ring is 1. The van der Waals surface area contributed by atoms with Gasteiger partial charge in [-0.1, -0.05) is 24.3 Å². The third-order valence-corrected chi connectivity index (χ3v) is 4.54. The molecule has 7 nitrogen and oxygen atoms in total. The number of fused-ring (bicyclic) bond motifs is 1. The first kappa shape index (κ1) is 17.1. The third kappa shape index (κ3) is 3.39. The predicted molar refractivity (Wildman–Crippen MR) is 97.4 cm³/mol. The van der Waals surface area contributed by atoms with E-state index in [9.17, 15) is 9.59 Å². The molecule has 0 aromatic carbocycles. The van der Waals surface area contributed by atoms with Gasteiger partial charge in [-0.3, -0.25) is 9.59 Å². The topological polar surface area (TPSA) is 99.6 Å². The van der Waals surface area contributed by atoms with E-state index in [4.69, 9.17) is 10.5 Å². The third-order valence-electron chi connectivity index (χ3n) is 3.58. The Hall–Kier alpha value is -2.74. The molecule has 0 amide bonds. The standard InChI is InChI=1S/C17H18N4O3S/c1-3-5-14-20-21-15(18)11(16(23)19-17(21)25-14)8-10-6-7-12(22)13(9-10)24-4-2/h6-9H,3-5,18H2,1-2H3/b10-8-. The van der Waals surface area contributed by atoms with E-state index in [1.165, 1.54) is 21.9 Å². The second-order valence-corrected chi connectivity index (χ2v) is 6.48. The second-order valence-electron chi connectivity index (χ2n) is 5.44. The number of carbonyl (C=O) groups excluding carboxylic acids is 1. The van der Waals surface area contributed by atoms with Crippen molar-refractivity contribution in [3.63, 3.8) is 0 Å². The van der Waals surface area contributed by atoms with E-state index in [2.05, 4.69) is 17.0 Å². The summed E-state index contributed by atoms with van der Waals surface area (Å²) < 4.78 is 6.80. The fraction of sp³-hybridized carbons (Fsp3) is 0.294. The molecule has 1 aliphatic carbocycles. The number of nitrogens with two attached hydrogens (primary N) is 1. The van der Waals surface area contributed by atoms with Gasteiger partial charge in [-0.05, 0) is 37.1 Å². The molecule has 0 spiro atoms. The average molecular weight is 358 g/mol. The minimum atomic E-state index is -0.423. The van der Waals surface area contributed by atoms with Crippen LogP contribution in [0.4, 0.5) is 5.82 Å². The lowest BCUT2D eigenvalue weighted by molar-refractivity contribution is -0.114. The van der Waals surface area contributed by atoms with Gasteiger partial charge in [0.25, 0.3) is 5.56 Å². The first-order valence-corrected chi connectivity index (χ1v) is 8.82. The van der Waals surface area contributed by atoms with Crippen molar-refractivity contribution in [1.82, 2.24) is 14.6 Å². The number of ether oxygens (including phenoxy) is 1. The summed E-state index contributed by atoms with van der Waals surface area (Å²) in [6, 6.07) is 0. The molecule has 0 bridgehead atoms. The highest BCUT2D eigenvalue weighted by molar-refractivity contribution is 7.16. The van der Waals surface area contributed by atoms with Gasteiger partial charge in [-0.25, -0.2) is 0 Å². The quantitative estimate of drug-likeness (QED) is 0.879. The highest BCUT2D eigenvalue weighted by Gasteiger charge is 2.16. The summed E-state index contributed by atoms with van der Waals surface area (Å²) >= 11 is 1.36. The van der Waals surface area contributed by atoms with Crippen molar-refractivity contribution in [3.8, 4) is 0 Å². The van der Waals surface area contributed by atoms with Gasteiger partial charge in [0.15, 0.2) is 5.76 Å². The average Bonchev–Trinajstić information content (AvgIpc) is 2.97. The van der Waals surface area contributed by atoms with Crippen LogP contribution in [0.1, 0.15) is 30.8 Å². The van der Waals surface area contributed by atoms with Gasteiger partial charge in [0.05, 0.1) is 12.2 Å². The minimum absolute atomic E-state index is 0.207. The van der Waals surface area contributed by atoms with E-state index in [-0.39, 0.29) is 22.9 Å². The van der Waals surface area contributed by atoms with Gasteiger partial charge in [0, 0.05) is 6.42 Å². The van der Waals surface area contributed by atoms with Gasteiger partial charge in [-0.2, -0.15) is 14.6 Å². The van der Waals surface area contributed by atoms with E-state index < -0.39 is 5.56 Å². The number of ketones is 1. The number of rotatable bonds is 5. The summed E-state index contributed by atoms with van der Waals surface area (Å²) in [5.74, 6) is 0.265. The zero-order chi connectivity index (χ0) is 18.0. The van der Waals surface area contributed by atoms with Gasteiger partial charge in [0.2, 0.25) is 10.7 Å². The maximum absolute atomic E-state index is 12.4. The Morgan fingerprint density at radius 2 is 2.12 bits per heavy atom. The number of allylic oxidation sites excluding steroid dienone is 4. The molecule has 2 aromatic heterocycles. The normalized spacial score (nSPS) is 15.8. The van der Waals surface area contributed by atoms with Crippen molar-refractivity contribution in [1.29, 1.82) is 0 Å². The van der Waals surface area contributed by atoms with Gasteiger partial charge >= 0.3 is 0 Å². The summed E-state index contributed by atoms with van der Waals surface area (Å²) in [5, 5.41) is 5.30. The van der Waals surface area contributed by atoms with Gasteiger partial charge in [0.1, 0.15) is 10.8 Å². The van der Waals surface area contributed by atoms with Crippen LogP contribution in [0.3, 0.4) is 0 Å². The zero-order valence-electron chi connectivity index (χ0n) is 14.0. The van der Waals surface area contributed by atoms with Crippen molar-refractivity contribution in [2.45, 2.75) is 26.7 Å². The Morgan fingerprint density at radius 1 is 1.32 bits per heavy atom. The molecule has 2 N–H and O–H groups in total. The van der Waals surface area contributed by atoms with Crippen LogP contribution >= 0.6 is 11.3 Å². The monoisotopic (exact) mass is 358 g/mol.